The zero-order chi connectivity index (χ0) is 25.2. The standard InChI is InChI=1S/C26H27Cl2N3O5/c1-34-30-24(23-13-16-11-17(27)4-8-21(16)36-23)26(33)29-20(14-31-9-2-10-31)25(32)15-3-7-22(19(28)12-15)35-18-5-6-18/h3-4,7-8,11-13,18,20,25,32H,2,5-6,9-10,14H2,1H3,(H,29,33). The molecule has 0 radical (unpaired) electrons. The van der Waals surface area contributed by atoms with Crippen LogP contribution in [0, 0.1) is 0 Å². The van der Waals surface area contributed by atoms with Crippen LogP contribution >= 0.6 is 23.2 Å². The molecule has 2 fully saturated rings. The summed E-state index contributed by atoms with van der Waals surface area (Å²) in [4.78, 5) is 20.5. The van der Waals surface area contributed by atoms with Gasteiger partial charge in [-0.05, 0) is 74.3 Å². The minimum atomic E-state index is -1.01. The van der Waals surface area contributed by atoms with Gasteiger partial charge >= 0.3 is 0 Å². The number of benzene rings is 2. The van der Waals surface area contributed by atoms with E-state index in [1.807, 2.05) is 0 Å². The summed E-state index contributed by atoms with van der Waals surface area (Å²) in [5.41, 5.74) is 1.10. The van der Waals surface area contributed by atoms with E-state index in [9.17, 15) is 9.90 Å². The first kappa shape index (κ1) is 24.9. The molecule has 1 saturated carbocycles. The highest BCUT2D eigenvalue weighted by molar-refractivity contribution is 6.44. The Balaban J connectivity index is 1.37. The Morgan fingerprint density at radius 2 is 2.03 bits per heavy atom. The van der Waals surface area contributed by atoms with Crippen molar-refractivity contribution in [2.75, 3.05) is 26.7 Å². The van der Waals surface area contributed by atoms with Gasteiger partial charge in [0, 0.05) is 17.0 Å². The number of aliphatic hydroxyl groups is 1. The molecule has 1 aliphatic heterocycles. The van der Waals surface area contributed by atoms with Gasteiger partial charge in [-0.3, -0.25) is 4.79 Å². The van der Waals surface area contributed by atoms with E-state index in [1.54, 1.807) is 42.5 Å². The fraction of sp³-hybridized carbons (Fsp3) is 0.385. The first-order chi connectivity index (χ1) is 17.4. The highest BCUT2D eigenvalue weighted by atomic mass is 35.5. The van der Waals surface area contributed by atoms with Gasteiger partial charge in [0.05, 0.1) is 17.2 Å². The molecule has 2 heterocycles. The Morgan fingerprint density at radius 1 is 1.22 bits per heavy atom. The largest absolute Gasteiger partial charge is 0.489 e. The number of hydrogen-bond acceptors (Lipinski definition) is 7. The van der Waals surface area contributed by atoms with Gasteiger partial charge in [-0.25, -0.2) is 0 Å². The monoisotopic (exact) mass is 531 g/mol. The molecular weight excluding hydrogens is 505 g/mol. The van der Waals surface area contributed by atoms with Gasteiger partial charge in [-0.15, -0.1) is 0 Å². The molecule has 5 rings (SSSR count). The van der Waals surface area contributed by atoms with Gasteiger partial charge in [-0.2, -0.15) is 0 Å². The first-order valence-corrected chi connectivity index (χ1v) is 12.6. The van der Waals surface area contributed by atoms with Crippen LogP contribution in [0.5, 0.6) is 5.75 Å². The van der Waals surface area contributed by atoms with Crippen molar-refractivity contribution in [3.8, 4) is 5.75 Å². The molecule has 2 aromatic carbocycles. The second-order valence-corrected chi connectivity index (χ2v) is 9.94. The molecule has 36 heavy (non-hydrogen) atoms. The van der Waals surface area contributed by atoms with E-state index in [4.69, 9.17) is 37.2 Å². The zero-order valence-electron chi connectivity index (χ0n) is 19.7. The molecule has 1 amide bonds. The van der Waals surface area contributed by atoms with E-state index in [0.29, 0.717) is 33.5 Å². The summed E-state index contributed by atoms with van der Waals surface area (Å²) < 4.78 is 11.6. The average Bonchev–Trinajstić information content (AvgIpc) is 3.55. The van der Waals surface area contributed by atoms with E-state index >= 15 is 0 Å². The van der Waals surface area contributed by atoms with Crippen molar-refractivity contribution >= 4 is 45.8 Å². The second-order valence-electron chi connectivity index (χ2n) is 9.10. The maximum Gasteiger partial charge on any atom is 0.277 e. The van der Waals surface area contributed by atoms with Crippen molar-refractivity contribution in [1.82, 2.24) is 10.2 Å². The average molecular weight is 532 g/mol. The number of nitrogens with zero attached hydrogens (tertiary/aromatic N) is 2. The molecule has 0 spiro atoms. The van der Waals surface area contributed by atoms with Crippen LogP contribution in [0.25, 0.3) is 11.0 Å². The Labute approximate surface area is 218 Å². The summed E-state index contributed by atoms with van der Waals surface area (Å²) in [6.45, 7) is 2.26. The number of halogens is 2. The molecule has 1 aliphatic carbocycles. The Hall–Kier alpha value is -2.78. The van der Waals surface area contributed by atoms with Gasteiger partial charge in [-0.1, -0.05) is 34.4 Å². The minimum Gasteiger partial charge on any atom is -0.489 e. The number of rotatable bonds is 10. The number of ether oxygens (including phenoxy) is 1. The summed E-state index contributed by atoms with van der Waals surface area (Å²) in [7, 11) is 1.35. The summed E-state index contributed by atoms with van der Waals surface area (Å²) in [6.07, 6.45) is 2.32. The Bertz CT molecular complexity index is 1290. The normalized spacial score (nSPS) is 17.9. The van der Waals surface area contributed by atoms with Crippen molar-refractivity contribution < 1.29 is 23.9 Å². The van der Waals surface area contributed by atoms with Crippen LogP contribution in [0.2, 0.25) is 10.0 Å². The smallest absolute Gasteiger partial charge is 0.277 e. The van der Waals surface area contributed by atoms with Crippen molar-refractivity contribution in [3.05, 3.63) is 63.8 Å². The van der Waals surface area contributed by atoms with Crippen molar-refractivity contribution in [3.63, 3.8) is 0 Å². The van der Waals surface area contributed by atoms with Gasteiger partial charge in [0.2, 0.25) is 5.71 Å². The van der Waals surface area contributed by atoms with Crippen molar-refractivity contribution in [2.24, 2.45) is 5.16 Å². The van der Waals surface area contributed by atoms with Crippen LogP contribution < -0.4 is 10.1 Å². The van der Waals surface area contributed by atoms with Gasteiger partial charge < -0.3 is 29.3 Å². The van der Waals surface area contributed by atoms with Crippen LogP contribution in [0.3, 0.4) is 0 Å². The van der Waals surface area contributed by atoms with Gasteiger partial charge in [0.15, 0.2) is 5.76 Å². The molecule has 2 N–H and O–H groups in total. The maximum atomic E-state index is 13.4. The highest BCUT2D eigenvalue weighted by Gasteiger charge is 2.31. The van der Waals surface area contributed by atoms with Crippen LogP contribution in [0.1, 0.15) is 36.7 Å². The minimum absolute atomic E-state index is 0.0446. The molecule has 1 aromatic heterocycles. The van der Waals surface area contributed by atoms with Crippen molar-refractivity contribution in [2.45, 2.75) is 37.5 Å². The maximum absolute atomic E-state index is 13.4. The predicted molar refractivity (Wildman–Crippen MR) is 138 cm³/mol. The fourth-order valence-corrected chi connectivity index (χ4v) is 4.53. The second kappa shape index (κ2) is 10.7. The topological polar surface area (TPSA) is 96.5 Å². The molecule has 2 unspecified atom stereocenters. The number of carbonyl (C=O) groups is 1. The molecule has 1 saturated heterocycles. The summed E-state index contributed by atoms with van der Waals surface area (Å²) in [5.74, 6) is 0.290. The zero-order valence-corrected chi connectivity index (χ0v) is 21.3. The molecule has 10 heteroatoms. The lowest BCUT2D eigenvalue weighted by Crippen LogP contribution is -2.52. The van der Waals surface area contributed by atoms with Gasteiger partial charge in [0.25, 0.3) is 5.91 Å². The quantitative estimate of drug-likeness (QED) is 0.294. The Kier molecular flexibility index (Phi) is 7.39. The number of furan rings is 1. The number of amides is 1. The van der Waals surface area contributed by atoms with E-state index in [-0.39, 0.29) is 17.6 Å². The molecule has 0 bridgehead atoms. The van der Waals surface area contributed by atoms with Crippen LogP contribution in [-0.4, -0.2) is 60.5 Å². The summed E-state index contributed by atoms with van der Waals surface area (Å²) in [5, 5.41) is 19.8. The number of aliphatic hydroxyl groups excluding tert-OH is 1. The number of hydrogen-bond donors (Lipinski definition) is 2. The van der Waals surface area contributed by atoms with E-state index < -0.39 is 18.1 Å². The molecule has 2 atom stereocenters. The number of fused-ring (bicyclic) bond motifs is 1. The van der Waals surface area contributed by atoms with Crippen molar-refractivity contribution in [1.29, 1.82) is 0 Å². The number of nitrogens with one attached hydrogen (secondary N) is 1. The third-order valence-corrected chi connectivity index (χ3v) is 6.86. The molecule has 3 aromatic rings. The predicted octanol–water partition coefficient (Wildman–Crippen LogP) is 4.56. The third-order valence-electron chi connectivity index (χ3n) is 6.33. The van der Waals surface area contributed by atoms with Crippen LogP contribution in [0.15, 0.2) is 52.0 Å². The SMILES string of the molecule is CON=C(C(=O)NC(CN1CCC1)C(O)c1ccc(OC2CC2)c(Cl)c1)c1cc2cc(Cl)ccc2o1. The lowest BCUT2D eigenvalue weighted by Gasteiger charge is -2.36. The molecule has 2 aliphatic rings. The lowest BCUT2D eigenvalue weighted by molar-refractivity contribution is -0.116. The fourth-order valence-electron chi connectivity index (χ4n) is 4.12. The molecule has 8 nitrogen and oxygen atoms in total. The van der Waals surface area contributed by atoms with E-state index in [2.05, 4.69) is 15.4 Å². The van der Waals surface area contributed by atoms with Gasteiger partial charge in [0.1, 0.15) is 24.5 Å². The number of oxime groups is 1. The van der Waals surface area contributed by atoms with Crippen LogP contribution in [0.4, 0.5) is 0 Å². The Morgan fingerprint density at radius 3 is 2.69 bits per heavy atom. The van der Waals surface area contributed by atoms with E-state index in [0.717, 1.165) is 37.7 Å². The third kappa shape index (κ3) is 5.62. The highest BCUT2D eigenvalue weighted by Crippen LogP contribution is 2.34. The molecule has 190 valence electrons. The lowest BCUT2D eigenvalue weighted by atomic mass is 10.00. The molecular formula is C26H27Cl2N3O5. The summed E-state index contributed by atoms with van der Waals surface area (Å²) in [6, 6.07) is 11.4. The van der Waals surface area contributed by atoms with Crippen LogP contribution in [-0.2, 0) is 9.63 Å². The first-order valence-electron chi connectivity index (χ1n) is 11.9. The van der Waals surface area contributed by atoms with E-state index in [1.165, 1.54) is 7.11 Å². The summed E-state index contributed by atoms with van der Waals surface area (Å²) >= 11 is 12.5. The number of likely N-dealkylation sites (tertiary alicyclic amines) is 1. The number of carbonyl (C=O) groups excluding carboxylic acids is 1.